The number of nitrogen functional groups attached to an aromatic ring is 1. The Bertz CT molecular complexity index is 4920. The maximum absolute atomic E-state index is 12.2. The number of fused-ring (bicyclic) bond motifs is 3. The molecule has 4 aliphatic rings. The van der Waals surface area contributed by atoms with Crippen molar-refractivity contribution in [2.24, 2.45) is 10.1 Å². The average molecular weight is 1480 g/mol. The lowest BCUT2D eigenvalue weighted by Gasteiger charge is -2.22. The molecule has 3 fully saturated rings. The third-order valence-electron chi connectivity index (χ3n) is 15.5. The second kappa shape index (κ2) is 33.6. The van der Waals surface area contributed by atoms with Gasteiger partial charge in [-0.1, -0.05) is 69.6 Å². The van der Waals surface area contributed by atoms with Gasteiger partial charge in [0.1, 0.15) is 35.8 Å². The van der Waals surface area contributed by atoms with Crippen LogP contribution >= 0.6 is 69.6 Å². The largest absolute Gasteiger partial charge is 0.466 e. The van der Waals surface area contributed by atoms with E-state index in [-0.39, 0.29) is 75.0 Å². The molecule has 3 saturated carbocycles. The molecule has 3 aliphatic carbocycles. The number of nitrogens with zero attached hydrogens (tertiary/aromatic N) is 9. The number of ether oxygens (including phenoxy) is 5. The minimum Gasteiger partial charge on any atom is -0.466 e. The van der Waals surface area contributed by atoms with Crippen LogP contribution in [0, 0.1) is 29.2 Å². The summed E-state index contributed by atoms with van der Waals surface area (Å²) in [5.41, 5.74) is 12.9. The van der Waals surface area contributed by atoms with E-state index in [1.807, 2.05) is 84.6 Å². The second-order valence-electron chi connectivity index (χ2n) is 22.9. The minimum absolute atomic E-state index is 0.0242. The van der Waals surface area contributed by atoms with Crippen LogP contribution < -0.4 is 30.3 Å². The van der Waals surface area contributed by atoms with E-state index in [2.05, 4.69) is 40.7 Å². The van der Waals surface area contributed by atoms with Crippen LogP contribution in [0.3, 0.4) is 0 Å². The highest BCUT2D eigenvalue weighted by molar-refractivity contribution is 6.50. The summed E-state index contributed by atoms with van der Waals surface area (Å²) >= 11 is 38.1. The number of amides is 3. The molecule has 512 valence electrons. The van der Waals surface area contributed by atoms with Gasteiger partial charge in [0.25, 0.3) is 12.5 Å². The fourth-order valence-electron chi connectivity index (χ4n) is 10.4. The average Bonchev–Trinajstić information content (AvgIpc) is 1.77. The van der Waals surface area contributed by atoms with Gasteiger partial charge in [-0.05, 0) is 202 Å². The molecule has 0 spiro atoms. The van der Waals surface area contributed by atoms with Crippen LogP contribution in [0.4, 0.5) is 16.2 Å². The number of nitrogens with one attached hydrogen (secondary N) is 1. The summed E-state index contributed by atoms with van der Waals surface area (Å²) in [6, 6.07) is 36.0. The molecule has 0 radical (unpaired) electrons. The van der Waals surface area contributed by atoms with Crippen molar-refractivity contribution < 1.29 is 52.5 Å². The van der Waals surface area contributed by atoms with E-state index < -0.39 is 48.3 Å². The molecule has 22 nitrogen and oxygen atoms in total. The van der Waals surface area contributed by atoms with Crippen molar-refractivity contribution in [2.45, 2.75) is 89.5 Å². The number of carbonyl (C=O) groups excluding carboxylic acids is 6. The van der Waals surface area contributed by atoms with Crippen molar-refractivity contribution in [3.63, 3.8) is 0 Å². The first-order valence-electron chi connectivity index (χ1n) is 31.3. The number of nitrogens with two attached hydrogens (primary N) is 1. The van der Waals surface area contributed by atoms with Crippen LogP contribution in [-0.4, -0.2) is 81.6 Å². The molecule has 9 aromatic rings. The maximum atomic E-state index is 12.2. The molecule has 3 N–H and O–H groups in total. The van der Waals surface area contributed by atoms with Gasteiger partial charge in [0, 0.05) is 40.4 Å². The van der Waals surface area contributed by atoms with E-state index in [4.69, 9.17) is 106 Å². The number of pyridine rings is 3. The van der Waals surface area contributed by atoms with Crippen molar-refractivity contribution >= 4 is 161 Å². The zero-order valence-corrected chi connectivity index (χ0v) is 58.2. The molecule has 0 atom stereocenters. The summed E-state index contributed by atoms with van der Waals surface area (Å²) in [5, 5.41) is 29.7. The van der Waals surface area contributed by atoms with Crippen LogP contribution in [-0.2, 0) is 40.0 Å². The lowest BCUT2D eigenvalue weighted by Crippen LogP contribution is -2.36. The molecule has 4 heterocycles. The van der Waals surface area contributed by atoms with Crippen molar-refractivity contribution in [1.29, 1.82) is 10.5 Å². The Labute approximate surface area is 608 Å². The predicted molar refractivity (Wildman–Crippen MR) is 385 cm³/mol. The molecule has 0 unspecified atom stereocenters. The van der Waals surface area contributed by atoms with E-state index in [0.717, 1.165) is 37.7 Å². The van der Waals surface area contributed by atoms with Crippen molar-refractivity contribution in [1.82, 2.24) is 20.3 Å². The second-order valence-corrected chi connectivity index (χ2v) is 25.4. The van der Waals surface area contributed by atoms with Gasteiger partial charge in [-0.2, -0.15) is 20.6 Å². The Morgan fingerprint density at radius 3 is 1.45 bits per heavy atom. The van der Waals surface area contributed by atoms with Gasteiger partial charge in [0.2, 0.25) is 17.3 Å². The fourth-order valence-corrected chi connectivity index (χ4v) is 12.2. The number of hydrogen-bond donors (Lipinski definition) is 2. The number of rotatable bonds is 18. The standard InChI is InChI=1S/C26H21Cl2N3O4.C23H14Cl2N4O3.C18H14Cl2N2O.C6H8N2O3/c1-2-34-25(33)12-24(32)23(13-29)31-14-15-9-20(27)26(21(28)10-15)35-17-5-6-22-19(11-17)18(7-8-30-22)16-3-4-16;24-17-7-13(29-22(31)10-21(30)20(11-26)28-29)8-18(25)23(17)32-14-3-4-19-16(9-14)15(5-6-27-19)12-1-2-12;19-15-7-11(21)8-16(20)18(15)23-12-3-4-17-14(9-12)13(5-6-22-17)10-1-2-10;1-3-11-6(10)8-5(9)4-7-2/h5-11,16H,2-4,12,14H2,1H3;3-9,12H,1-2,10H2;3-10H,1-2,21H2;3-4H2,1H3,(H,8,9,10). The molecule has 6 aromatic carbocycles. The molecule has 0 saturated heterocycles. The van der Waals surface area contributed by atoms with Gasteiger partial charge < -0.3 is 34.3 Å². The number of anilines is 2. The van der Waals surface area contributed by atoms with Gasteiger partial charge in [-0.25, -0.2) is 11.4 Å². The van der Waals surface area contributed by atoms with Gasteiger partial charge in [0.05, 0.1) is 78.6 Å². The van der Waals surface area contributed by atoms with E-state index in [9.17, 15) is 34.0 Å². The summed E-state index contributed by atoms with van der Waals surface area (Å²) in [6.07, 6.45) is 10.9. The number of halogens is 6. The van der Waals surface area contributed by atoms with Crippen molar-refractivity contribution in [3.8, 4) is 46.6 Å². The first-order chi connectivity index (χ1) is 48.6. The molecule has 0 bridgehead atoms. The number of alkyl carbamates (subject to hydrolysis) is 1. The Kier molecular flexibility index (Phi) is 24.4. The number of carbonyl (C=O) groups is 6. The number of esters is 1. The van der Waals surface area contributed by atoms with Crippen LogP contribution in [0.15, 0.2) is 138 Å². The molecule has 28 heteroatoms. The van der Waals surface area contributed by atoms with E-state index in [1.165, 1.54) is 67.3 Å². The fraction of sp³-hybridized carbons (Fsp3) is 0.233. The van der Waals surface area contributed by atoms with Gasteiger partial charge in [-0.15, -0.1) is 0 Å². The minimum atomic E-state index is -0.804. The molecular formula is C73H57Cl6N11O11. The lowest BCUT2D eigenvalue weighted by atomic mass is 10.1. The molecule has 3 aromatic heterocycles. The number of aromatic nitrogens is 3. The smallest absolute Gasteiger partial charge is 0.414 e. The highest BCUT2D eigenvalue weighted by Gasteiger charge is 2.31. The number of aliphatic imine (C=N–C) groups is 1. The van der Waals surface area contributed by atoms with E-state index in [1.54, 1.807) is 56.3 Å². The number of hydrazone groups is 1. The predicted octanol–water partition coefficient (Wildman–Crippen LogP) is 17.6. The summed E-state index contributed by atoms with van der Waals surface area (Å²) in [5.74, 6) is 1.23. The number of imide groups is 1. The molecule has 101 heavy (non-hydrogen) atoms. The summed E-state index contributed by atoms with van der Waals surface area (Å²) in [6.45, 7) is 9.53. The third-order valence-corrected chi connectivity index (χ3v) is 17.2. The van der Waals surface area contributed by atoms with Gasteiger partial charge in [-0.3, -0.25) is 49.2 Å². The van der Waals surface area contributed by atoms with Crippen LogP contribution in [0.1, 0.15) is 105 Å². The topological polar surface area (TPSA) is 305 Å². The highest BCUT2D eigenvalue weighted by Crippen LogP contribution is 2.48. The Morgan fingerprint density at radius 1 is 0.624 bits per heavy atom. The Hall–Kier alpha value is -10.5. The van der Waals surface area contributed by atoms with Gasteiger partial charge >= 0.3 is 18.0 Å². The van der Waals surface area contributed by atoms with E-state index >= 15 is 0 Å². The monoisotopic (exact) mass is 1470 g/mol. The number of nitriles is 2. The number of ketones is 2. The van der Waals surface area contributed by atoms with Crippen molar-refractivity contribution in [3.05, 3.63) is 192 Å². The SMILES string of the molecule is CCOC(=O)CC(=O)C(C#N)=NCc1cc(Cl)c(Oc2ccc3nccc(C4CC4)c3c2)c(Cl)c1.N#CC1=NN(c2cc(Cl)c(Oc3ccc4nccc(C5CC5)c4c3)c(Cl)c2)C(=O)CC1=O.Nc1cc(Cl)c(Oc2ccc3nccc(C4CC4)c3c2)c(Cl)c1.[C-]#[N+]CC(=O)NC(=O)OCC. The van der Waals surface area contributed by atoms with E-state index in [0.29, 0.717) is 62.0 Å². The normalized spacial score (nSPS) is 13.9. The third kappa shape index (κ3) is 19.1. The molecule has 3 amide bonds. The molecule has 1 aliphatic heterocycles. The van der Waals surface area contributed by atoms with Crippen LogP contribution in [0.5, 0.6) is 34.5 Å². The summed E-state index contributed by atoms with van der Waals surface area (Å²) in [4.78, 5) is 88.6. The molecule has 13 rings (SSSR count). The highest BCUT2D eigenvalue weighted by atomic mass is 35.5. The first-order valence-corrected chi connectivity index (χ1v) is 33.6. The summed E-state index contributed by atoms with van der Waals surface area (Å²) in [7, 11) is 0. The molecular weight excluding hydrogens is 1420 g/mol. The number of hydrogen-bond acceptors (Lipinski definition) is 19. The number of Topliss-reactive ketones (excluding diaryl/α,β-unsaturated/α-hetero) is 2. The zero-order chi connectivity index (χ0) is 72.0. The quantitative estimate of drug-likeness (QED) is 0.0265. The Morgan fingerprint density at radius 2 is 1.05 bits per heavy atom. The zero-order valence-electron chi connectivity index (χ0n) is 53.7. The maximum Gasteiger partial charge on any atom is 0.414 e. The van der Waals surface area contributed by atoms with Crippen LogP contribution in [0.25, 0.3) is 37.6 Å². The van der Waals surface area contributed by atoms with Gasteiger partial charge in [0.15, 0.2) is 23.0 Å². The number of benzene rings is 6. The summed E-state index contributed by atoms with van der Waals surface area (Å²) < 4.78 is 27.0. The lowest BCUT2D eigenvalue weighted by molar-refractivity contribution is -0.144. The first kappa shape index (κ1) is 73.2. The van der Waals surface area contributed by atoms with Crippen molar-refractivity contribution in [2.75, 3.05) is 30.5 Å². The van der Waals surface area contributed by atoms with Crippen LogP contribution in [0.2, 0.25) is 30.1 Å². The Balaban J connectivity index is 0.000000154.